The molecular formula is C19H21FN2O4S2. The zero-order chi connectivity index (χ0) is 19.9. The van der Waals surface area contributed by atoms with E-state index in [1.165, 1.54) is 33.8 Å². The maximum absolute atomic E-state index is 13.6. The van der Waals surface area contributed by atoms with Gasteiger partial charge in [0.25, 0.3) is 10.0 Å². The summed E-state index contributed by atoms with van der Waals surface area (Å²) in [6.45, 7) is 4.52. The molecule has 9 heteroatoms. The molecule has 1 aliphatic heterocycles. The fourth-order valence-corrected chi connectivity index (χ4v) is 5.87. The highest BCUT2D eigenvalue weighted by Gasteiger charge is 2.34. The minimum Gasteiger partial charge on any atom is -0.443 e. The molecule has 1 saturated heterocycles. The van der Waals surface area contributed by atoms with Gasteiger partial charge in [0, 0.05) is 35.2 Å². The van der Waals surface area contributed by atoms with Crippen LogP contribution in [0.1, 0.15) is 29.1 Å². The molecule has 0 N–H and O–H groups in total. The molecule has 0 saturated carbocycles. The van der Waals surface area contributed by atoms with Gasteiger partial charge in [0.1, 0.15) is 16.4 Å². The van der Waals surface area contributed by atoms with Crippen LogP contribution in [0.2, 0.25) is 0 Å². The molecule has 1 fully saturated rings. The summed E-state index contributed by atoms with van der Waals surface area (Å²) in [7, 11) is -3.95. The number of benzene rings is 1. The third-order valence-electron chi connectivity index (χ3n) is 4.84. The third-order valence-corrected chi connectivity index (χ3v) is 7.61. The average molecular weight is 425 g/mol. The first-order valence-electron chi connectivity index (χ1n) is 9.06. The summed E-state index contributed by atoms with van der Waals surface area (Å²) in [5.41, 5.74) is 1.60. The van der Waals surface area contributed by atoms with E-state index in [2.05, 4.69) is 4.98 Å². The molecule has 1 atom stereocenters. The average Bonchev–Trinajstić information content (AvgIpc) is 3.37. The molecule has 150 valence electrons. The Bertz CT molecular complexity index is 1100. The van der Waals surface area contributed by atoms with Crippen LogP contribution in [0.5, 0.6) is 0 Å². The summed E-state index contributed by atoms with van der Waals surface area (Å²) >= 11 is 1.42. The Labute approximate surface area is 167 Å². The van der Waals surface area contributed by atoms with Crippen molar-refractivity contribution in [3.05, 3.63) is 45.7 Å². The highest BCUT2D eigenvalue weighted by atomic mass is 32.2. The molecule has 28 heavy (non-hydrogen) atoms. The second-order valence-electron chi connectivity index (χ2n) is 6.97. The van der Waals surface area contributed by atoms with Crippen molar-refractivity contribution in [1.82, 2.24) is 9.29 Å². The number of furan rings is 1. The van der Waals surface area contributed by atoms with Gasteiger partial charge in [-0.15, -0.1) is 11.3 Å². The number of aryl methyl sites for hydroxylation is 2. The van der Waals surface area contributed by atoms with E-state index in [4.69, 9.17) is 9.15 Å². The van der Waals surface area contributed by atoms with Crippen molar-refractivity contribution in [2.24, 2.45) is 0 Å². The van der Waals surface area contributed by atoms with Crippen LogP contribution < -0.4 is 0 Å². The molecule has 2 aromatic heterocycles. The van der Waals surface area contributed by atoms with Gasteiger partial charge in [-0.3, -0.25) is 0 Å². The molecule has 0 spiro atoms. The Kier molecular flexibility index (Phi) is 5.26. The Morgan fingerprint density at radius 3 is 2.86 bits per heavy atom. The largest absolute Gasteiger partial charge is 0.443 e. The first-order chi connectivity index (χ1) is 13.3. The number of halogens is 1. The first kappa shape index (κ1) is 19.5. The van der Waals surface area contributed by atoms with E-state index in [1.54, 1.807) is 6.92 Å². The van der Waals surface area contributed by atoms with Crippen LogP contribution in [0.15, 0.2) is 33.1 Å². The monoisotopic (exact) mass is 424 g/mol. The van der Waals surface area contributed by atoms with Crippen molar-refractivity contribution in [1.29, 1.82) is 0 Å². The molecule has 4 rings (SSSR count). The summed E-state index contributed by atoms with van der Waals surface area (Å²) < 4.78 is 53.2. The van der Waals surface area contributed by atoms with Crippen LogP contribution in [-0.4, -0.2) is 37.0 Å². The lowest BCUT2D eigenvalue weighted by Gasteiger charge is -2.23. The number of ether oxygens (including phenoxy) is 1. The summed E-state index contributed by atoms with van der Waals surface area (Å²) in [6, 6.07) is 4.00. The normalized spacial score (nSPS) is 17.8. The predicted octanol–water partition coefficient (Wildman–Crippen LogP) is 4.02. The molecule has 3 aromatic rings. The van der Waals surface area contributed by atoms with Crippen molar-refractivity contribution in [3.8, 4) is 0 Å². The van der Waals surface area contributed by atoms with E-state index in [9.17, 15) is 12.8 Å². The second kappa shape index (κ2) is 7.55. The van der Waals surface area contributed by atoms with Gasteiger partial charge in [0.15, 0.2) is 0 Å². The molecule has 1 aliphatic rings. The molecule has 1 aromatic carbocycles. The molecule has 0 bridgehead atoms. The van der Waals surface area contributed by atoms with Gasteiger partial charge in [-0.05, 0) is 44.9 Å². The molecular weight excluding hydrogens is 403 g/mol. The van der Waals surface area contributed by atoms with Crippen molar-refractivity contribution in [3.63, 3.8) is 0 Å². The Hall–Kier alpha value is -1.81. The number of hydrogen-bond donors (Lipinski definition) is 0. The van der Waals surface area contributed by atoms with Crippen LogP contribution in [0.25, 0.3) is 11.0 Å². The highest BCUT2D eigenvalue weighted by Crippen LogP contribution is 2.32. The number of nitrogens with zero attached hydrogens (tertiary/aromatic N) is 2. The zero-order valence-electron chi connectivity index (χ0n) is 15.6. The lowest BCUT2D eigenvalue weighted by molar-refractivity contribution is 0.0922. The SMILES string of the molecule is Cc1csc(CN(CC2CCCO2)S(=O)(=O)c2oc3ccc(F)cc3c2C)n1. The fraction of sp³-hybridized carbons (Fsp3) is 0.421. The number of sulfonamides is 1. The molecule has 0 amide bonds. The number of hydrogen-bond acceptors (Lipinski definition) is 6. The van der Waals surface area contributed by atoms with E-state index >= 15 is 0 Å². The molecule has 3 heterocycles. The number of rotatable bonds is 6. The third kappa shape index (κ3) is 3.71. The van der Waals surface area contributed by atoms with Gasteiger partial charge < -0.3 is 9.15 Å². The number of aromatic nitrogens is 1. The quantitative estimate of drug-likeness (QED) is 0.598. The summed E-state index contributed by atoms with van der Waals surface area (Å²) in [6.07, 6.45) is 1.57. The minimum atomic E-state index is -3.95. The van der Waals surface area contributed by atoms with E-state index in [0.29, 0.717) is 28.1 Å². The lowest BCUT2D eigenvalue weighted by Crippen LogP contribution is -2.37. The van der Waals surface area contributed by atoms with Gasteiger partial charge in [0.2, 0.25) is 5.09 Å². The van der Waals surface area contributed by atoms with E-state index in [-0.39, 0.29) is 24.3 Å². The summed E-state index contributed by atoms with van der Waals surface area (Å²) in [5, 5.41) is 2.90. The second-order valence-corrected chi connectivity index (χ2v) is 9.75. The van der Waals surface area contributed by atoms with Crippen LogP contribution in [-0.2, 0) is 21.3 Å². The molecule has 0 aliphatic carbocycles. The number of thiazole rings is 1. The standard InChI is InChI=1S/C19H21FN2O4S2/c1-12-11-27-18(21-12)10-22(9-15-4-3-7-25-15)28(23,24)19-13(2)16-8-14(20)5-6-17(16)26-19/h5-6,8,11,15H,3-4,7,9-10H2,1-2H3. The van der Waals surface area contributed by atoms with Gasteiger partial charge >= 0.3 is 0 Å². The Morgan fingerprint density at radius 2 is 2.18 bits per heavy atom. The maximum Gasteiger partial charge on any atom is 0.277 e. The minimum absolute atomic E-state index is 0.144. The van der Waals surface area contributed by atoms with Crippen LogP contribution in [0.3, 0.4) is 0 Å². The molecule has 0 radical (unpaired) electrons. The van der Waals surface area contributed by atoms with Crippen LogP contribution in [0, 0.1) is 19.7 Å². The van der Waals surface area contributed by atoms with Gasteiger partial charge in [-0.25, -0.2) is 17.8 Å². The van der Waals surface area contributed by atoms with E-state index in [1.807, 2.05) is 12.3 Å². The van der Waals surface area contributed by atoms with Crippen molar-refractivity contribution in [2.45, 2.75) is 44.4 Å². The van der Waals surface area contributed by atoms with E-state index in [0.717, 1.165) is 18.5 Å². The van der Waals surface area contributed by atoms with Crippen molar-refractivity contribution < 1.29 is 22.0 Å². The van der Waals surface area contributed by atoms with Crippen molar-refractivity contribution in [2.75, 3.05) is 13.2 Å². The summed E-state index contributed by atoms with van der Waals surface area (Å²) in [4.78, 5) is 4.40. The number of fused-ring (bicyclic) bond motifs is 1. The Balaban J connectivity index is 1.73. The lowest BCUT2D eigenvalue weighted by atomic mass is 10.2. The topological polar surface area (TPSA) is 72.6 Å². The zero-order valence-corrected chi connectivity index (χ0v) is 17.3. The van der Waals surface area contributed by atoms with Gasteiger partial charge in [-0.1, -0.05) is 0 Å². The fourth-order valence-electron chi connectivity index (χ4n) is 3.42. The highest BCUT2D eigenvalue weighted by molar-refractivity contribution is 7.89. The summed E-state index contributed by atoms with van der Waals surface area (Å²) in [5.74, 6) is -0.435. The Morgan fingerprint density at radius 1 is 1.36 bits per heavy atom. The van der Waals surface area contributed by atoms with Crippen LogP contribution in [0.4, 0.5) is 4.39 Å². The maximum atomic E-state index is 13.6. The smallest absolute Gasteiger partial charge is 0.277 e. The van der Waals surface area contributed by atoms with E-state index < -0.39 is 15.8 Å². The first-order valence-corrected chi connectivity index (χ1v) is 11.4. The molecule has 1 unspecified atom stereocenters. The van der Waals surface area contributed by atoms with Crippen LogP contribution >= 0.6 is 11.3 Å². The van der Waals surface area contributed by atoms with Gasteiger partial charge in [-0.2, -0.15) is 4.31 Å². The van der Waals surface area contributed by atoms with Crippen molar-refractivity contribution >= 4 is 32.3 Å². The predicted molar refractivity (Wildman–Crippen MR) is 104 cm³/mol. The van der Waals surface area contributed by atoms with Gasteiger partial charge in [0.05, 0.1) is 12.6 Å². The molecule has 6 nitrogen and oxygen atoms in total.